The van der Waals surface area contributed by atoms with Crippen molar-refractivity contribution in [3.63, 3.8) is 0 Å². The first-order valence-corrected chi connectivity index (χ1v) is 13.9. The maximum Gasteiger partial charge on any atom is 0.222 e. The molecule has 9 nitrogen and oxygen atoms in total. The van der Waals surface area contributed by atoms with Crippen LogP contribution in [-0.2, 0) is 19.0 Å². The highest BCUT2D eigenvalue weighted by atomic mass is 19.1. The molecule has 0 atom stereocenters. The number of ether oxygens (including phenoxy) is 4. The second-order valence-corrected chi connectivity index (χ2v) is 10.6. The molecule has 2 aromatic rings. The van der Waals surface area contributed by atoms with E-state index in [1.165, 1.54) is 13.3 Å². The zero-order chi connectivity index (χ0) is 29.4. The van der Waals surface area contributed by atoms with Gasteiger partial charge in [-0.05, 0) is 51.0 Å². The number of aryl methyl sites for hydroxylation is 1. The van der Waals surface area contributed by atoms with E-state index in [4.69, 9.17) is 18.9 Å². The minimum atomic E-state index is -0.498. The number of nitrogens with zero attached hydrogens (tertiary/aromatic N) is 3. The van der Waals surface area contributed by atoms with Gasteiger partial charge in [0.1, 0.15) is 11.4 Å². The summed E-state index contributed by atoms with van der Waals surface area (Å²) < 4.78 is 37.9. The lowest BCUT2D eigenvalue weighted by atomic mass is 9.85. The predicted molar refractivity (Wildman–Crippen MR) is 156 cm³/mol. The molecule has 4 rings (SSSR count). The molecule has 0 aromatic carbocycles. The SMILES string of the molecule is C=C/C(OCCCC(=O)N(CC)CCC1(C)COC1)=C(\C=C1/CN=CC=C1Oc1cnc2[nH]c(C)cc2c1F)OC. The second kappa shape index (κ2) is 13.6. The van der Waals surface area contributed by atoms with Crippen molar-refractivity contribution in [1.82, 2.24) is 14.9 Å². The maximum atomic E-state index is 15.1. The normalized spacial score (nSPS) is 17.5. The topological polar surface area (TPSA) is 98.3 Å². The molecule has 41 heavy (non-hydrogen) atoms. The first kappa shape index (κ1) is 30.0. The molecule has 10 heteroatoms. The Morgan fingerprint density at radius 1 is 1.34 bits per heavy atom. The van der Waals surface area contributed by atoms with Crippen LogP contribution in [0.4, 0.5) is 4.39 Å². The standard InChI is InChI=1S/C31H39FN4O5/c1-6-24(40-14-8-9-28(37)36(7-2)13-11-31(4)19-39-20-31)26(38-5)16-22-17-33-12-10-25(22)41-27-18-34-30-23(29(27)32)15-21(3)35-30/h6,10,12,15-16,18H,1,7-9,11,13-14,17,19-20H2,2-5H3,(H,34,35)/b22-16+,26-24-. The molecule has 2 aliphatic rings. The number of amides is 1. The average molecular weight is 567 g/mol. The molecule has 0 saturated carbocycles. The lowest BCUT2D eigenvalue weighted by molar-refractivity contribution is -0.135. The number of halogens is 1. The van der Waals surface area contributed by atoms with E-state index in [0.717, 1.165) is 31.9 Å². The number of dihydropyridines is 1. The van der Waals surface area contributed by atoms with Crippen LogP contribution in [0.25, 0.3) is 11.0 Å². The number of aromatic amines is 1. The van der Waals surface area contributed by atoms with Gasteiger partial charge in [-0.3, -0.25) is 9.79 Å². The van der Waals surface area contributed by atoms with Crippen LogP contribution in [0.5, 0.6) is 5.75 Å². The van der Waals surface area contributed by atoms with Crippen molar-refractivity contribution in [2.45, 2.75) is 40.0 Å². The number of rotatable bonds is 14. The smallest absolute Gasteiger partial charge is 0.222 e. The van der Waals surface area contributed by atoms with Crippen LogP contribution in [0.3, 0.4) is 0 Å². The molecule has 1 saturated heterocycles. The number of H-pyrrole nitrogens is 1. The van der Waals surface area contributed by atoms with Gasteiger partial charge in [-0.2, -0.15) is 0 Å². The van der Waals surface area contributed by atoms with E-state index in [9.17, 15) is 4.79 Å². The molecule has 0 spiro atoms. The Kier molecular flexibility index (Phi) is 9.99. The Hall–Kier alpha value is -3.92. The van der Waals surface area contributed by atoms with Gasteiger partial charge in [0, 0.05) is 42.4 Å². The summed E-state index contributed by atoms with van der Waals surface area (Å²) in [6.45, 7) is 13.4. The Balaban J connectivity index is 1.38. The van der Waals surface area contributed by atoms with Crippen LogP contribution >= 0.6 is 0 Å². The highest BCUT2D eigenvalue weighted by Crippen LogP contribution is 2.31. The molecule has 0 unspecified atom stereocenters. The number of carbonyl (C=O) groups excluding carboxylic acids is 1. The zero-order valence-electron chi connectivity index (χ0n) is 24.3. The van der Waals surface area contributed by atoms with Gasteiger partial charge >= 0.3 is 0 Å². The fourth-order valence-electron chi connectivity index (χ4n) is 4.66. The lowest BCUT2D eigenvalue weighted by Gasteiger charge is -2.39. The molecule has 0 aliphatic carbocycles. The number of carbonyl (C=O) groups is 1. The van der Waals surface area contributed by atoms with Crippen molar-refractivity contribution < 1.29 is 28.1 Å². The van der Waals surface area contributed by atoms with Crippen molar-refractivity contribution in [1.29, 1.82) is 0 Å². The quantitative estimate of drug-likeness (QED) is 0.187. The molecule has 4 heterocycles. The fourth-order valence-corrected chi connectivity index (χ4v) is 4.66. The Bertz CT molecular complexity index is 1390. The maximum absolute atomic E-state index is 15.1. The Morgan fingerprint density at radius 3 is 2.83 bits per heavy atom. The van der Waals surface area contributed by atoms with Crippen molar-refractivity contribution >= 4 is 23.2 Å². The predicted octanol–water partition coefficient (Wildman–Crippen LogP) is 5.40. The summed E-state index contributed by atoms with van der Waals surface area (Å²) in [6.07, 6.45) is 9.78. The van der Waals surface area contributed by atoms with Gasteiger partial charge in [0.05, 0.1) is 45.1 Å². The summed E-state index contributed by atoms with van der Waals surface area (Å²) in [5.41, 5.74) is 2.11. The third kappa shape index (κ3) is 7.43. The summed E-state index contributed by atoms with van der Waals surface area (Å²) in [4.78, 5) is 26.2. The molecule has 1 N–H and O–H groups in total. The van der Waals surface area contributed by atoms with Crippen LogP contribution in [0.15, 0.2) is 64.9 Å². The molecule has 2 aliphatic heterocycles. The average Bonchev–Trinajstić information content (AvgIpc) is 3.35. The number of aromatic nitrogens is 2. The van der Waals surface area contributed by atoms with Crippen LogP contribution < -0.4 is 4.74 Å². The molecule has 0 radical (unpaired) electrons. The van der Waals surface area contributed by atoms with Crippen molar-refractivity contribution in [3.8, 4) is 5.75 Å². The minimum Gasteiger partial charge on any atom is -0.493 e. The second-order valence-electron chi connectivity index (χ2n) is 10.6. The van der Waals surface area contributed by atoms with Crippen LogP contribution in [0.1, 0.15) is 38.8 Å². The van der Waals surface area contributed by atoms with Crippen molar-refractivity contribution in [2.24, 2.45) is 10.4 Å². The third-order valence-electron chi connectivity index (χ3n) is 7.19. The van der Waals surface area contributed by atoms with E-state index in [2.05, 4.69) is 28.5 Å². The van der Waals surface area contributed by atoms with Gasteiger partial charge in [-0.15, -0.1) is 0 Å². The fraction of sp³-hybridized carbons (Fsp3) is 0.452. The number of hydrogen-bond donors (Lipinski definition) is 1. The highest BCUT2D eigenvalue weighted by Gasteiger charge is 2.33. The van der Waals surface area contributed by atoms with E-state index in [1.54, 1.807) is 30.5 Å². The number of methoxy groups -OCH3 is 1. The molecule has 1 fully saturated rings. The number of pyridine rings is 1. The van der Waals surface area contributed by atoms with Crippen molar-refractivity contribution in [2.75, 3.05) is 46.6 Å². The summed E-state index contributed by atoms with van der Waals surface area (Å²) >= 11 is 0. The van der Waals surface area contributed by atoms with E-state index in [-0.39, 0.29) is 17.1 Å². The van der Waals surface area contributed by atoms with Gasteiger partial charge in [-0.25, -0.2) is 9.37 Å². The number of nitrogens with one attached hydrogen (secondary N) is 1. The summed E-state index contributed by atoms with van der Waals surface area (Å²) in [6, 6.07) is 1.69. The summed E-state index contributed by atoms with van der Waals surface area (Å²) in [5.74, 6) is 0.867. The van der Waals surface area contributed by atoms with Crippen LogP contribution in [0, 0.1) is 18.2 Å². The van der Waals surface area contributed by atoms with Gasteiger partial charge < -0.3 is 28.8 Å². The van der Waals surface area contributed by atoms with E-state index in [0.29, 0.717) is 66.4 Å². The number of fused-ring (bicyclic) bond motifs is 1. The Morgan fingerprint density at radius 2 is 2.15 bits per heavy atom. The highest BCUT2D eigenvalue weighted by molar-refractivity contribution is 5.79. The van der Waals surface area contributed by atoms with Gasteiger partial charge in [-0.1, -0.05) is 13.5 Å². The first-order chi connectivity index (χ1) is 19.8. The molecule has 220 valence electrons. The molecule has 1 amide bonds. The molecular formula is C31H39FN4O5. The van der Waals surface area contributed by atoms with Gasteiger partial charge in [0.2, 0.25) is 5.91 Å². The monoisotopic (exact) mass is 566 g/mol. The third-order valence-corrected chi connectivity index (χ3v) is 7.19. The molecule has 0 bridgehead atoms. The largest absolute Gasteiger partial charge is 0.493 e. The number of allylic oxidation sites excluding steroid dienone is 3. The first-order valence-electron chi connectivity index (χ1n) is 13.9. The molecular weight excluding hydrogens is 527 g/mol. The van der Waals surface area contributed by atoms with E-state index >= 15 is 4.39 Å². The van der Waals surface area contributed by atoms with E-state index < -0.39 is 5.82 Å². The number of hydrogen-bond acceptors (Lipinski definition) is 7. The minimum absolute atomic E-state index is 0.00741. The summed E-state index contributed by atoms with van der Waals surface area (Å²) in [5, 5.41) is 0.359. The number of aliphatic imine (C=N–C) groups is 1. The molecule has 2 aromatic heterocycles. The van der Waals surface area contributed by atoms with Crippen molar-refractivity contribution in [3.05, 3.63) is 71.4 Å². The Labute approximate surface area is 240 Å². The zero-order valence-corrected chi connectivity index (χ0v) is 24.3. The van der Waals surface area contributed by atoms with Crippen LogP contribution in [0.2, 0.25) is 0 Å². The van der Waals surface area contributed by atoms with Gasteiger partial charge in [0.15, 0.2) is 23.1 Å². The van der Waals surface area contributed by atoms with Gasteiger partial charge in [0.25, 0.3) is 0 Å². The summed E-state index contributed by atoms with van der Waals surface area (Å²) in [7, 11) is 1.53. The lowest BCUT2D eigenvalue weighted by Crippen LogP contribution is -2.43. The van der Waals surface area contributed by atoms with Crippen LogP contribution in [-0.4, -0.2) is 73.6 Å². The van der Waals surface area contributed by atoms with E-state index in [1.807, 2.05) is 18.7 Å².